The number of anilines is 1. The predicted octanol–water partition coefficient (Wildman–Crippen LogP) is 3.24. The molecule has 2 aromatic heterocycles. The number of allylic oxidation sites excluding steroid dienone is 1. The van der Waals surface area contributed by atoms with Crippen LogP contribution in [0, 0.1) is 0 Å². The number of nitrogens with zero attached hydrogens (tertiary/aromatic N) is 3. The van der Waals surface area contributed by atoms with E-state index in [0.29, 0.717) is 34.5 Å². The van der Waals surface area contributed by atoms with Crippen molar-refractivity contribution in [2.24, 2.45) is 0 Å². The van der Waals surface area contributed by atoms with Gasteiger partial charge < -0.3 is 14.5 Å². The lowest BCUT2D eigenvalue weighted by Crippen LogP contribution is -2.15. The molecule has 144 valence electrons. The van der Waals surface area contributed by atoms with Crippen LogP contribution in [0.3, 0.4) is 0 Å². The quantitative estimate of drug-likeness (QED) is 0.353. The number of hydrogen-bond acceptors (Lipinski definition) is 7. The Morgan fingerprint density at radius 2 is 2.07 bits per heavy atom. The summed E-state index contributed by atoms with van der Waals surface area (Å²) in [6.45, 7) is 4.24. The number of rotatable bonds is 8. The second-order valence-corrected chi connectivity index (χ2v) is 6.53. The van der Waals surface area contributed by atoms with Crippen LogP contribution in [0.25, 0.3) is 11.6 Å². The van der Waals surface area contributed by atoms with Crippen molar-refractivity contribution in [1.82, 2.24) is 14.8 Å². The van der Waals surface area contributed by atoms with Crippen molar-refractivity contribution in [2.75, 3.05) is 18.2 Å². The summed E-state index contributed by atoms with van der Waals surface area (Å²) in [6.07, 6.45) is 3.29. The molecule has 0 unspecified atom stereocenters. The first kappa shape index (κ1) is 19.4. The van der Waals surface area contributed by atoms with Gasteiger partial charge in [-0.05, 0) is 36.4 Å². The first-order valence-corrected chi connectivity index (χ1v) is 9.30. The molecule has 0 aliphatic rings. The van der Waals surface area contributed by atoms with Gasteiger partial charge in [0.1, 0.15) is 0 Å². The Morgan fingerprint density at radius 3 is 2.71 bits per heavy atom. The molecular weight excluding hydrogens is 380 g/mol. The number of aromatic nitrogens is 3. The summed E-state index contributed by atoms with van der Waals surface area (Å²) in [5.74, 6) is 0.681. The lowest BCUT2D eigenvalue weighted by atomic mass is 10.2. The Balaban J connectivity index is 1.63. The molecule has 0 fully saturated rings. The van der Waals surface area contributed by atoms with Crippen molar-refractivity contribution >= 4 is 29.3 Å². The molecule has 1 amide bonds. The van der Waals surface area contributed by atoms with Crippen LogP contribution >= 0.6 is 11.8 Å². The maximum Gasteiger partial charge on any atom is 0.337 e. The number of benzene rings is 1. The summed E-state index contributed by atoms with van der Waals surface area (Å²) < 4.78 is 11.9. The summed E-state index contributed by atoms with van der Waals surface area (Å²) in [4.78, 5) is 23.7. The van der Waals surface area contributed by atoms with E-state index in [2.05, 4.69) is 26.8 Å². The highest BCUT2D eigenvalue weighted by atomic mass is 32.2. The van der Waals surface area contributed by atoms with Crippen LogP contribution in [0.15, 0.2) is 64.9 Å². The molecule has 2 heterocycles. The number of esters is 1. The van der Waals surface area contributed by atoms with E-state index in [1.165, 1.54) is 18.9 Å². The summed E-state index contributed by atoms with van der Waals surface area (Å²) >= 11 is 1.26. The van der Waals surface area contributed by atoms with Crippen molar-refractivity contribution in [1.29, 1.82) is 0 Å². The highest BCUT2D eigenvalue weighted by Crippen LogP contribution is 2.24. The van der Waals surface area contributed by atoms with Crippen molar-refractivity contribution in [3.05, 3.63) is 60.9 Å². The van der Waals surface area contributed by atoms with E-state index in [1.807, 2.05) is 4.57 Å². The van der Waals surface area contributed by atoms with Crippen molar-refractivity contribution in [3.63, 3.8) is 0 Å². The third-order valence-electron chi connectivity index (χ3n) is 3.69. The van der Waals surface area contributed by atoms with Crippen LogP contribution in [0.4, 0.5) is 5.69 Å². The van der Waals surface area contributed by atoms with Gasteiger partial charge in [0.05, 0.1) is 24.7 Å². The normalized spacial score (nSPS) is 10.5. The number of amides is 1. The Labute approximate surface area is 165 Å². The molecule has 0 spiro atoms. The third-order valence-corrected chi connectivity index (χ3v) is 4.66. The Hall–Kier alpha value is -3.33. The van der Waals surface area contributed by atoms with Gasteiger partial charge in [0, 0.05) is 12.2 Å². The smallest absolute Gasteiger partial charge is 0.337 e. The van der Waals surface area contributed by atoms with Gasteiger partial charge in [-0.25, -0.2) is 4.79 Å². The maximum absolute atomic E-state index is 12.2. The van der Waals surface area contributed by atoms with Crippen LogP contribution in [0.1, 0.15) is 10.4 Å². The minimum atomic E-state index is -0.428. The summed E-state index contributed by atoms with van der Waals surface area (Å²) in [5.41, 5.74) is 1.000. The molecule has 3 rings (SSSR count). The van der Waals surface area contributed by atoms with Crippen LogP contribution in [-0.4, -0.2) is 39.5 Å². The maximum atomic E-state index is 12.2. The lowest BCUT2D eigenvalue weighted by molar-refractivity contribution is -0.113. The standard InChI is InChI=1S/C19H18N4O4S/c1-3-10-23-17(15-5-4-11-27-15)21-22-19(23)28-12-16(24)20-14-8-6-13(7-9-14)18(25)26-2/h3-9,11H,1,10,12H2,2H3,(H,20,24). The summed E-state index contributed by atoms with van der Waals surface area (Å²) in [7, 11) is 1.32. The minimum Gasteiger partial charge on any atom is -0.465 e. The van der Waals surface area contributed by atoms with Gasteiger partial charge in [0.2, 0.25) is 11.7 Å². The zero-order valence-corrected chi connectivity index (χ0v) is 15.9. The molecule has 9 heteroatoms. The molecule has 8 nitrogen and oxygen atoms in total. The number of carbonyl (C=O) groups excluding carboxylic acids is 2. The number of thioether (sulfide) groups is 1. The molecular formula is C19H18N4O4S. The monoisotopic (exact) mass is 398 g/mol. The Bertz CT molecular complexity index is 964. The first-order valence-electron chi connectivity index (χ1n) is 8.31. The molecule has 0 atom stereocenters. The molecule has 0 radical (unpaired) electrons. The van der Waals surface area contributed by atoms with Crippen molar-refractivity contribution < 1.29 is 18.7 Å². The van der Waals surface area contributed by atoms with E-state index in [-0.39, 0.29) is 11.7 Å². The fraction of sp³-hybridized carbons (Fsp3) is 0.158. The Morgan fingerprint density at radius 1 is 1.29 bits per heavy atom. The highest BCUT2D eigenvalue weighted by Gasteiger charge is 2.16. The second-order valence-electron chi connectivity index (χ2n) is 5.59. The molecule has 0 bridgehead atoms. The van der Waals surface area contributed by atoms with E-state index in [0.717, 1.165) is 0 Å². The Kier molecular flexibility index (Phi) is 6.28. The predicted molar refractivity (Wildman–Crippen MR) is 105 cm³/mol. The van der Waals surface area contributed by atoms with Crippen LogP contribution in [0.2, 0.25) is 0 Å². The minimum absolute atomic E-state index is 0.145. The fourth-order valence-electron chi connectivity index (χ4n) is 2.41. The van der Waals surface area contributed by atoms with Gasteiger partial charge in [-0.1, -0.05) is 17.8 Å². The van der Waals surface area contributed by atoms with Crippen molar-refractivity contribution in [2.45, 2.75) is 11.7 Å². The first-order chi connectivity index (χ1) is 13.6. The highest BCUT2D eigenvalue weighted by molar-refractivity contribution is 7.99. The van der Waals surface area contributed by atoms with Crippen LogP contribution in [-0.2, 0) is 16.1 Å². The third kappa shape index (κ3) is 4.49. The zero-order valence-electron chi connectivity index (χ0n) is 15.1. The summed E-state index contributed by atoms with van der Waals surface area (Å²) in [6, 6.07) is 10.0. The van der Waals surface area contributed by atoms with Crippen LogP contribution < -0.4 is 5.32 Å². The number of hydrogen-bond donors (Lipinski definition) is 1. The summed E-state index contributed by atoms with van der Waals surface area (Å²) in [5, 5.41) is 11.7. The van der Waals surface area contributed by atoms with Gasteiger partial charge in [-0.3, -0.25) is 9.36 Å². The number of carbonyl (C=O) groups is 2. The van der Waals surface area contributed by atoms with Gasteiger partial charge >= 0.3 is 5.97 Å². The molecule has 0 aliphatic carbocycles. The number of methoxy groups -OCH3 is 1. The van der Waals surface area contributed by atoms with Crippen LogP contribution in [0.5, 0.6) is 0 Å². The van der Waals surface area contributed by atoms with E-state index in [1.54, 1.807) is 48.7 Å². The average Bonchev–Trinajstić information content (AvgIpc) is 3.36. The molecule has 0 saturated heterocycles. The van der Waals surface area contributed by atoms with E-state index in [9.17, 15) is 9.59 Å². The molecule has 1 aromatic carbocycles. The molecule has 3 aromatic rings. The fourth-order valence-corrected chi connectivity index (χ4v) is 3.16. The molecule has 0 aliphatic heterocycles. The van der Waals surface area contributed by atoms with Gasteiger partial charge in [-0.15, -0.1) is 16.8 Å². The lowest BCUT2D eigenvalue weighted by Gasteiger charge is -2.07. The largest absolute Gasteiger partial charge is 0.465 e. The average molecular weight is 398 g/mol. The van der Waals surface area contributed by atoms with E-state index in [4.69, 9.17) is 4.42 Å². The number of ether oxygens (including phenoxy) is 1. The molecule has 28 heavy (non-hydrogen) atoms. The van der Waals surface area contributed by atoms with E-state index < -0.39 is 5.97 Å². The molecule has 0 saturated carbocycles. The number of nitrogens with one attached hydrogen (secondary N) is 1. The van der Waals surface area contributed by atoms with Crippen molar-refractivity contribution in [3.8, 4) is 11.6 Å². The zero-order chi connectivity index (χ0) is 19.9. The molecule has 1 N–H and O–H groups in total. The number of furan rings is 1. The van der Waals surface area contributed by atoms with Gasteiger partial charge in [-0.2, -0.15) is 0 Å². The second kappa shape index (κ2) is 9.05. The van der Waals surface area contributed by atoms with Gasteiger partial charge in [0.15, 0.2) is 10.9 Å². The van der Waals surface area contributed by atoms with E-state index >= 15 is 0 Å². The SMILES string of the molecule is C=CCn1c(SCC(=O)Nc2ccc(C(=O)OC)cc2)nnc1-c1ccco1. The van der Waals surface area contributed by atoms with Gasteiger partial charge in [0.25, 0.3) is 0 Å². The topological polar surface area (TPSA) is 99.2 Å².